The number of hydrogen-bond donors (Lipinski definition) is 2. The number of fused-ring (bicyclic) bond motifs is 4. The molecule has 166 valence electrons. The normalized spacial score (nSPS) is 15.6. The largest absolute Gasteiger partial charge is 0.341 e. The molecular formula is C24H22N6OS2. The van der Waals surface area contributed by atoms with E-state index in [2.05, 4.69) is 48.4 Å². The molecule has 0 radical (unpaired) electrons. The third-order valence-electron chi connectivity index (χ3n) is 6.27. The van der Waals surface area contributed by atoms with Crippen LogP contribution in [0.4, 0.5) is 11.5 Å². The number of rotatable bonds is 5. The summed E-state index contributed by atoms with van der Waals surface area (Å²) in [4.78, 5) is 26.3. The van der Waals surface area contributed by atoms with Gasteiger partial charge in [0.2, 0.25) is 5.91 Å². The fourth-order valence-corrected chi connectivity index (χ4v) is 6.55. The quantitative estimate of drug-likeness (QED) is 0.368. The van der Waals surface area contributed by atoms with E-state index in [1.807, 2.05) is 30.3 Å². The molecule has 1 aliphatic rings. The lowest BCUT2D eigenvalue weighted by Gasteiger charge is -2.26. The second-order valence-corrected chi connectivity index (χ2v) is 10.3. The van der Waals surface area contributed by atoms with Crippen LogP contribution in [0.15, 0.2) is 47.5 Å². The highest BCUT2D eigenvalue weighted by molar-refractivity contribution is 7.19. The van der Waals surface area contributed by atoms with Crippen LogP contribution in [-0.4, -0.2) is 38.0 Å². The van der Waals surface area contributed by atoms with Gasteiger partial charge < -0.3 is 10.2 Å². The van der Waals surface area contributed by atoms with Crippen molar-refractivity contribution in [1.29, 1.82) is 0 Å². The molecule has 1 amide bonds. The number of nitrogens with one attached hydrogen (secondary N) is 2. The van der Waals surface area contributed by atoms with Crippen LogP contribution in [0.2, 0.25) is 0 Å². The van der Waals surface area contributed by atoms with E-state index in [-0.39, 0.29) is 11.8 Å². The number of carbonyl (C=O) groups is 1. The molecule has 33 heavy (non-hydrogen) atoms. The topological polar surface area (TPSA) is 86.8 Å². The molecule has 0 saturated carbocycles. The minimum absolute atomic E-state index is 0.0158. The van der Waals surface area contributed by atoms with Crippen LogP contribution in [0.1, 0.15) is 22.4 Å². The molecule has 9 heteroatoms. The van der Waals surface area contributed by atoms with E-state index >= 15 is 0 Å². The van der Waals surface area contributed by atoms with E-state index in [1.54, 1.807) is 29.0 Å². The Morgan fingerprint density at radius 1 is 1.30 bits per heavy atom. The first-order chi connectivity index (χ1) is 16.2. The Labute approximate surface area is 198 Å². The Morgan fingerprint density at radius 3 is 3.12 bits per heavy atom. The molecule has 0 aliphatic heterocycles. The van der Waals surface area contributed by atoms with Crippen molar-refractivity contribution in [3.63, 3.8) is 0 Å². The first-order valence-electron chi connectivity index (χ1n) is 10.9. The molecule has 1 atom stereocenters. The van der Waals surface area contributed by atoms with Gasteiger partial charge in [-0.15, -0.1) is 11.3 Å². The first kappa shape index (κ1) is 20.3. The number of aryl methyl sites for hydroxylation is 1. The molecule has 0 bridgehead atoms. The zero-order valence-corrected chi connectivity index (χ0v) is 19.7. The van der Waals surface area contributed by atoms with Crippen molar-refractivity contribution in [2.24, 2.45) is 5.92 Å². The van der Waals surface area contributed by atoms with Gasteiger partial charge in [-0.3, -0.25) is 9.89 Å². The van der Waals surface area contributed by atoms with E-state index in [9.17, 15) is 4.79 Å². The summed E-state index contributed by atoms with van der Waals surface area (Å²) < 4.78 is 0. The van der Waals surface area contributed by atoms with Gasteiger partial charge in [0.25, 0.3) is 0 Å². The Kier molecular flexibility index (Phi) is 5.07. The van der Waals surface area contributed by atoms with Gasteiger partial charge in [0.1, 0.15) is 17.0 Å². The Morgan fingerprint density at radius 2 is 2.24 bits per heavy atom. The summed E-state index contributed by atoms with van der Waals surface area (Å²) in [6.45, 7) is 0.665. The summed E-state index contributed by atoms with van der Waals surface area (Å²) in [5.41, 5.74) is 4.43. The summed E-state index contributed by atoms with van der Waals surface area (Å²) in [7, 11) is 1.91. The van der Waals surface area contributed by atoms with Gasteiger partial charge in [0.05, 0.1) is 17.1 Å². The Hall–Kier alpha value is -3.30. The van der Waals surface area contributed by atoms with Gasteiger partial charge in [0.15, 0.2) is 0 Å². The maximum absolute atomic E-state index is 13.1. The van der Waals surface area contributed by atoms with Crippen molar-refractivity contribution in [3.05, 3.63) is 63.6 Å². The molecular weight excluding hydrogens is 452 g/mol. The average molecular weight is 475 g/mol. The van der Waals surface area contributed by atoms with Gasteiger partial charge in [-0.05, 0) is 65.4 Å². The number of carbonyl (C=O) groups excluding carboxylic acids is 1. The predicted molar refractivity (Wildman–Crippen MR) is 133 cm³/mol. The Balaban J connectivity index is 1.26. The highest BCUT2D eigenvalue weighted by Crippen LogP contribution is 2.41. The monoisotopic (exact) mass is 474 g/mol. The van der Waals surface area contributed by atoms with Crippen molar-refractivity contribution >= 4 is 61.2 Å². The summed E-state index contributed by atoms with van der Waals surface area (Å²) >= 11 is 3.36. The molecule has 2 N–H and O–H groups in total. The fourth-order valence-electron chi connectivity index (χ4n) is 4.62. The van der Waals surface area contributed by atoms with Crippen LogP contribution in [0.3, 0.4) is 0 Å². The van der Waals surface area contributed by atoms with Crippen LogP contribution in [0.25, 0.3) is 21.1 Å². The number of benzene rings is 1. The lowest BCUT2D eigenvalue weighted by molar-refractivity contribution is -0.135. The van der Waals surface area contributed by atoms with Crippen LogP contribution in [0, 0.1) is 5.92 Å². The SMILES string of the molecule is CN(Cc1ccsc1)C(=O)[C@H]1CCc2c(sc3ncnc(Nc4ccc5[nH]ncc5c4)c23)C1. The summed E-state index contributed by atoms with van der Waals surface area (Å²) in [5.74, 6) is 1.06. The van der Waals surface area contributed by atoms with Crippen molar-refractivity contribution in [2.45, 2.75) is 25.8 Å². The van der Waals surface area contributed by atoms with Crippen LogP contribution in [-0.2, 0) is 24.2 Å². The number of aromatic nitrogens is 4. The molecule has 1 aromatic carbocycles. The molecule has 7 nitrogen and oxygen atoms in total. The van der Waals surface area contributed by atoms with Gasteiger partial charge in [-0.2, -0.15) is 16.4 Å². The first-order valence-corrected chi connectivity index (χ1v) is 12.6. The number of amides is 1. The number of nitrogens with zero attached hydrogens (tertiary/aromatic N) is 4. The lowest BCUT2D eigenvalue weighted by Crippen LogP contribution is -2.35. The number of anilines is 2. The molecule has 4 aromatic heterocycles. The van der Waals surface area contributed by atoms with E-state index in [4.69, 9.17) is 0 Å². The maximum Gasteiger partial charge on any atom is 0.226 e. The zero-order chi connectivity index (χ0) is 22.4. The lowest BCUT2D eigenvalue weighted by atomic mass is 9.87. The minimum Gasteiger partial charge on any atom is -0.341 e. The van der Waals surface area contributed by atoms with Crippen molar-refractivity contribution in [2.75, 3.05) is 12.4 Å². The highest BCUT2D eigenvalue weighted by Gasteiger charge is 2.30. The average Bonchev–Trinajstić information content (AvgIpc) is 3.57. The third kappa shape index (κ3) is 3.77. The zero-order valence-electron chi connectivity index (χ0n) is 18.0. The van der Waals surface area contributed by atoms with Gasteiger partial charge in [-0.25, -0.2) is 9.97 Å². The van der Waals surface area contributed by atoms with E-state index in [1.165, 1.54) is 16.0 Å². The molecule has 0 saturated heterocycles. The van der Waals surface area contributed by atoms with Crippen LogP contribution in [0.5, 0.6) is 0 Å². The molecule has 1 aliphatic carbocycles. The van der Waals surface area contributed by atoms with Gasteiger partial charge in [-0.1, -0.05) is 0 Å². The number of hydrogen-bond acceptors (Lipinski definition) is 7. The van der Waals surface area contributed by atoms with Crippen LogP contribution < -0.4 is 5.32 Å². The van der Waals surface area contributed by atoms with Crippen molar-refractivity contribution in [1.82, 2.24) is 25.1 Å². The standard InChI is InChI=1S/C24H22N6OS2/c1-30(11-14-6-7-32-12-14)24(31)15-2-4-18-20(9-15)33-23-21(18)22(25-13-26-23)28-17-3-5-19-16(8-17)10-27-29-19/h3,5-8,10,12-13,15H,2,4,9,11H2,1H3,(H,27,29)(H,25,26,28)/t15-/m0/s1. The molecule has 6 rings (SSSR count). The van der Waals surface area contributed by atoms with Crippen molar-refractivity contribution < 1.29 is 4.79 Å². The maximum atomic E-state index is 13.1. The molecule has 5 aromatic rings. The van der Waals surface area contributed by atoms with Crippen LogP contribution >= 0.6 is 22.7 Å². The number of H-pyrrole nitrogens is 1. The van der Waals surface area contributed by atoms with E-state index in [0.29, 0.717) is 6.54 Å². The fraction of sp³-hybridized carbons (Fsp3) is 0.250. The molecule has 0 spiro atoms. The van der Waals surface area contributed by atoms with Gasteiger partial charge in [0, 0.05) is 35.5 Å². The van der Waals surface area contributed by atoms with Crippen molar-refractivity contribution in [3.8, 4) is 0 Å². The second-order valence-electron chi connectivity index (χ2n) is 8.47. The number of thiophene rings is 2. The summed E-state index contributed by atoms with van der Waals surface area (Å²) in [5, 5.41) is 16.8. The van der Waals surface area contributed by atoms with Gasteiger partial charge >= 0.3 is 0 Å². The summed E-state index contributed by atoms with van der Waals surface area (Å²) in [6.07, 6.45) is 5.90. The predicted octanol–water partition coefficient (Wildman–Crippen LogP) is 5.14. The summed E-state index contributed by atoms with van der Waals surface area (Å²) in [6, 6.07) is 8.17. The highest BCUT2D eigenvalue weighted by atomic mass is 32.1. The molecule has 0 fully saturated rings. The smallest absolute Gasteiger partial charge is 0.226 e. The van der Waals surface area contributed by atoms with E-state index in [0.717, 1.165) is 51.9 Å². The Bertz CT molecular complexity index is 1450. The second kappa shape index (κ2) is 8.24. The number of aromatic amines is 1. The van der Waals surface area contributed by atoms with E-state index < -0.39 is 0 Å². The third-order valence-corrected chi connectivity index (χ3v) is 8.17. The minimum atomic E-state index is 0.0158. The molecule has 0 unspecified atom stereocenters. The molecule has 4 heterocycles.